The highest BCUT2D eigenvalue weighted by molar-refractivity contribution is 7.80. The maximum absolute atomic E-state index is 12.9. The Labute approximate surface area is 124 Å². The highest BCUT2D eigenvalue weighted by Crippen LogP contribution is 2.20. The molecule has 0 fully saturated rings. The van der Waals surface area contributed by atoms with Crippen LogP contribution in [0.3, 0.4) is 0 Å². The Bertz CT molecular complexity index is 623. The molecule has 2 nitrogen and oxygen atoms in total. The van der Waals surface area contributed by atoms with E-state index in [4.69, 9.17) is 18.0 Å². The van der Waals surface area contributed by atoms with Gasteiger partial charge in [0.2, 0.25) is 0 Å². The number of nitrogens with two attached hydrogens (primary N) is 1. The molecule has 0 amide bonds. The summed E-state index contributed by atoms with van der Waals surface area (Å²) in [4.78, 5) is 2.51. The van der Waals surface area contributed by atoms with Crippen molar-refractivity contribution >= 4 is 22.9 Å². The van der Waals surface area contributed by atoms with Gasteiger partial charge in [-0.15, -0.1) is 0 Å². The van der Waals surface area contributed by atoms with E-state index in [0.717, 1.165) is 22.4 Å². The largest absolute Gasteiger partial charge is 0.389 e. The number of rotatable bonds is 4. The van der Waals surface area contributed by atoms with Gasteiger partial charge in [-0.2, -0.15) is 0 Å². The Morgan fingerprint density at radius 3 is 2.40 bits per heavy atom. The first kappa shape index (κ1) is 14.5. The number of hydrogen-bond acceptors (Lipinski definition) is 2. The lowest BCUT2D eigenvalue weighted by molar-refractivity contribution is 0.627. The van der Waals surface area contributed by atoms with Crippen molar-refractivity contribution in [1.82, 2.24) is 0 Å². The Morgan fingerprint density at radius 2 is 1.85 bits per heavy atom. The molecule has 0 bridgehead atoms. The standard InChI is InChI=1S/C16H17FN2S/c1-11-9-14(7-8-15(11)16(18)20)19(2)10-12-3-5-13(17)6-4-12/h3-9H,10H2,1-2H3,(H2,18,20). The average molecular weight is 288 g/mol. The molecule has 0 aromatic heterocycles. The van der Waals surface area contributed by atoms with Gasteiger partial charge < -0.3 is 10.6 Å². The topological polar surface area (TPSA) is 29.3 Å². The van der Waals surface area contributed by atoms with Crippen molar-refractivity contribution in [3.8, 4) is 0 Å². The van der Waals surface area contributed by atoms with Gasteiger partial charge in [-0.3, -0.25) is 0 Å². The minimum atomic E-state index is -0.215. The molecule has 0 atom stereocenters. The summed E-state index contributed by atoms with van der Waals surface area (Å²) >= 11 is 5.00. The molecule has 2 aromatic rings. The maximum atomic E-state index is 12.9. The summed E-state index contributed by atoms with van der Waals surface area (Å²) in [5.74, 6) is -0.215. The van der Waals surface area contributed by atoms with Gasteiger partial charge in [0.15, 0.2) is 0 Å². The quantitative estimate of drug-likeness (QED) is 0.874. The van der Waals surface area contributed by atoms with Crippen molar-refractivity contribution < 1.29 is 4.39 Å². The highest BCUT2D eigenvalue weighted by atomic mass is 32.1. The summed E-state index contributed by atoms with van der Waals surface area (Å²) in [5.41, 5.74) is 9.75. The molecule has 0 unspecified atom stereocenters. The fourth-order valence-electron chi connectivity index (χ4n) is 2.12. The molecular formula is C16H17FN2S. The first-order chi connectivity index (χ1) is 9.47. The molecule has 104 valence electrons. The molecular weight excluding hydrogens is 271 g/mol. The van der Waals surface area contributed by atoms with E-state index in [2.05, 4.69) is 11.0 Å². The van der Waals surface area contributed by atoms with Crippen molar-refractivity contribution in [2.75, 3.05) is 11.9 Å². The van der Waals surface area contributed by atoms with E-state index in [-0.39, 0.29) is 5.82 Å². The third-order valence-corrected chi connectivity index (χ3v) is 3.47. The Balaban J connectivity index is 2.17. The second kappa shape index (κ2) is 6.01. The second-order valence-corrected chi connectivity index (χ2v) is 5.29. The predicted octanol–water partition coefficient (Wildman–Crippen LogP) is 3.40. The second-order valence-electron chi connectivity index (χ2n) is 4.85. The van der Waals surface area contributed by atoms with Crippen molar-refractivity contribution in [2.24, 2.45) is 5.73 Å². The Hall–Kier alpha value is -1.94. The number of thiocarbonyl (C=S) groups is 1. The molecule has 0 aliphatic carbocycles. The van der Waals surface area contributed by atoms with Crippen LogP contribution in [0.2, 0.25) is 0 Å². The lowest BCUT2D eigenvalue weighted by atomic mass is 10.1. The third kappa shape index (κ3) is 3.33. The van der Waals surface area contributed by atoms with E-state index in [0.29, 0.717) is 11.5 Å². The zero-order chi connectivity index (χ0) is 14.7. The Kier molecular flexibility index (Phi) is 4.35. The first-order valence-electron chi connectivity index (χ1n) is 6.33. The molecule has 0 radical (unpaired) electrons. The maximum Gasteiger partial charge on any atom is 0.123 e. The number of anilines is 1. The van der Waals surface area contributed by atoms with Crippen LogP contribution in [0.25, 0.3) is 0 Å². The monoisotopic (exact) mass is 288 g/mol. The summed E-state index contributed by atoms with van der Waals surface area (Å²) in [6.45, 7) is 2.70. The van der Waals surface area contributed by atoms with Gasteiger partial charge in [-0.05, 0) is 48.4 Å². The molecule has 0 saturated heterocycles. The lowest BCUT2D eigenvalue weighted by Gasteiger charge is -2.20. The minimum absolute atomic E-state index is 0.215. The van der Waals surface area contributed by atoms with E-state index in [1.165, 1.54) is 12.1 Å². The number of hydrogen-bond donors (Lipinski definition) is 1. The van der Waals surface area contributed by atoms with Gasteiger partial charge in [-0.1, -0.05) is 24.4 Å². The van der Waals surface area contributed by atoms with Crippen LogP contribution >= 0.6 is 12.2 Å². The number of benzene rings is 2. The van der Waals surface area contributed by atoms with Crippen molar-refractivity contribution in [2.45, 2.75) is 13.5 Å². The first-order valence-corrected chi connectivity index (χ1v) is 6.74. The summed E-state index contributed by atoms with van der Waals surface area (Å²) in [6.07, 6.45) is 0. The van der Waals surface area contributed by atoms with E-state index in [9.17, 15) is 4.39 Å². The van der Waals surface area contributed by atoms with Crippen LogP contribution in [0.15, 0.2) is 42.5 Å². The summed E-state index contributed by atoms with van der Waals surface area (Å²) in [7, 11) is 2.00. The molecule has 2 aromatic carbocycles. The molecule has 0 aliphatic rings. The van der Waals surface area contributed by atoms with Crippen LogP contribution in [-0.4, -0.2) is 12.0 Å². The van der Waals surface area contributed by atoms with E-state index in [1.54, 1.807) is 12.1 Å². The summed E-state index contributed by atoms with van der Waals surface area (Å²) in [5, 5.41) is 0. The zero-order valence-electron chi connectivity index (χ0n) is 11.6. The normalized spacial score (nSPS) is 10.3. The SMILES string of the molecule is Cc1cc(N(C)Cc2ccc(F)cc2)ccc1C(N)=S. The van der Waals surface area contributed by atoms with Crippen LogP contribution in [0, 0.1) is 12.7 Å². The molecule has 0 saturated carbocycles. The summed E-state index contributed by atoms with van der Waals surface area (Å²) < 4.78 is 12.9. The zero-order valence-corrected chi connectivity index (χ0v) is 12.4. The molecule has 2 N–H and O–H groups in total. The predicted molar refractivity (Wildman–Crippen MR) is 85.6 cm³/mol. The third-order valence-electron chi connectivity index (χ3n) is 3.25. The van der Waals surface area contributed by atoms with E-state index < -0.39 is 0 Å². The molecule has 20 heavy (non-hydrogen) atoms. The van der Waals surface area contributed by atoms with Gasteiger partial charge >= 0.3 is 0 Å². The molecule has 0 heterocycles. The van der Waals surface area contributed by atoms with Crippen molar-refractivity contribution in [1.29, 1.82) is 0 Å². The minimum Gasteiger partial charge on any atom is -0.389 e. The Morgan fingerprint density at radius 1 is 1.20 bits per heavy atom. The fraction of sp³-hybridized carbons (Fsp3) is 0.188. The van der Waals surface area contributed by atoms with E-state index >= 15 is 0 Å². The number of halogens is 1. The van der Waals surface area contributed by atoms with Crippen LogP contribution < -0.4 is 10.6 Å². The molecule has 0 spiro atoms. The van der Waals surface area contributed by atoms with Gasteiger partial charge in [-0.25, -0.2) is 4.39 Å². The molecule has 2 rings (SSSR count). The number of aryl methyl sites for hydroxylation is 1. The fourth-order valence-corrected chi connectivity index (χ4v) is 2.35. The van der Waals surface area contributed by atoms with Crippen molar-refractivity contribution in [3.63, 3.8) is 0 Å². The average Bonchev–Trinajstić information content (AvgIpc) is 2.40. The summed E-state index contributed by atoms with van der Waals surface area (Å²) in [6, 6.07) is 12.5. The van der Waals surface area contributed by atoms with Crippen molar-refractivity contribution in [3.05, 3.63) is 65.0 Å². The van der Waals surface area contributed by atoms with Gasteiger partial charge in [0, 0.05) is 24.8 Å². The van der Waals surface area contributed by atoms with Gasteiger partial charge in [0.25, 0.3) is 0 Å². The van der Waals surface area contributed by atoms with Crippen LogP contribution in [-0.2, 0) is 6.54 Å². The lowest BCUT2D eigenvalue weighted by Crippen LogP contribution is -2.17. The smallest absolute Gasteiger partial charge is 0.123 e. The van der Waals surface area contributed by atoms with E-state index in [1.807, 2.05) is 26.1 Å². The van der Waals surface area contributed by atoms with Crippen LogP contribution in [0.5, 0.6) is 0 Å². The van der Waals surface area contributed by atoms with Gasteiger partial charge in [0.05, 0.1) is 0 Å². The van der Waals surface area contributed by atoms with Crippen LogP contribution in [0.4, 0.5) is 10.1 Å². The molecule has 4 heteroatoms. The number of nitrogens with zero attached hydrogens (tertiary/aromatic N) is 1. The highest BCUT2D eigenvalue weighted by Gasteiger charge is 2.06. The van der Waals surface area contributed by atoms with Gasteiger partial charge in [0.1, 0.15) is 10.8 Å². The van der Waals surface area contributed by atoms with Crippen LogP contribution in [0.1, 0.15) is 16.7 Å². The molecule has 0 aliphatic heterocycles.